The van der Waals surface area contributed by atoms with E-state index >= 15 is 0 Å². The number of hydrogen-bond acceptors (Lipinski definition) is 4. The van der Waals surface area contributed by atoms with Gasteiger partial charge in [0.05, 0.1) is 19.2 Å². The topological polar surface area (TPSA) is 63.7 Å². The molecule has 0 saturated carbocycles. The third kappa shape index (κ3) is 2.55. The molecule has 5 nitrogen and oxygen atoms in total. The number of methoxy groups -OCH3 is 1. The summed E-state index contributed by atoms with van der Waals surface area (Å²) in [5.74, 6) is -1.71. The minimum atomic E-state index is -0.626. The summed E-state index contributed by atoms with van der Waals surface area (Å²) in [6.07, 6.45) is 0. The van der Waals surface area contributed by atoms with Gasteiger partial charge in [0.15, 0.2) is 0 Å². The van der Waals surface area contributed by atoms with Crippen molar-refractivity contribution in [3.05, 3.63) is 45.5 Å². The number of benzene rings is 1. The van der Waals surface area contributed by atoms with Crippen molar-refractivity contribution in [2.45, 2.75) is 6.54 Å². The van der Waals surface area contributed by atoms with Crippen molar-refractivity contribution in [1.29, 1.82) is 0 Å². The molecular formula is C13H9Cl2NO4. The third-order valence-electron chi connectivity index (χ3n) is 2.77. The van der Waals surface area contributed by atoms with Gasteiger partial charge in [-0.15, -0.1) is 0 Å². The Labute approximate surface area is 124 Å². The molecule has 1 aromatic carbocycles. The quantitative estimate of drug-likeness (QED) is 0.632. The van der Waals surface area contributed by atoms with E-state index in [-0.39, 0.29) is 16.6 Å². The zero-order valence-corrected chi connectivity index (χ0v) is 11.9. The van der Waals surface area contributed by atoms with E-state index in [1.807, 2.05) is 0 Å². The van der Waals surface area contributed by atoms with E-state index in [9.17, 15) is 14.4 Å². The molecule has 104 valence electrons. The molecule has 0 fully saturated rings. The molecule has 2 amide bonds. The van der Waals surface area contributed by atoms with E-state index < -0.39 is 17.8 Å². The van der Waals surface area contributed by atoms with E-state index in [4.69, 9.17) is 23.2 Å². The first-order valence-electron chi connectivity index (χ1n) is 5.54. The summed E-state index contributed by atoms with van der Waals surface area (Å²) in [5.41, 5.74) is 1.04. The van der Waals surface area contributed by atoms with Gasteiger partial charge in [0.25, 0.3) is 11.8 Å². The van der Waals surface area contributed by atoms with Gasteiger partial charge in [-0.05, 0) is 17.7 Å². The van der Waals surface area contributed by atoms with Gasteiger partial charge < -0.3 is 4.74 Å². The number of imide groups is 1. The summed E-state index contributed by atoms with van der Waals surface area (Å²) in [6, 6.07) is 6.32. The molecule has 0 aromatic heterocycles. The second-order valence-corrected chi connectivity index (χ2v) is 4.77. The molecule has 0 saturated heterocycles. The zero-order chi connectivity index (χ0) is 14.9. The Morgan fingerprint density at radius 2 is 1.60 bits per heavy atom. The summed E-state index contributed by atoms with van der Waals surface area (Å²) < 4.78 is 4.57. The summed E-state index contributed by atoms with van der Waals surface area (Å²) in [6.45, 7) is 0.0333. The normalized spacial score (nSPS) is 15.1. The number of hydrogen-bond donors (Lipinski definition) is 0. The number of carbonyl (C=O) groups excluding carboxylic acids is 3. The molecule has 0 spiro atoms. The smallest absolute Gasteiger partial charge is 0.337 e. The van der Waals surface area contributed by atoms with Crippen LogP contribution in [0.15, 0.2) is 34.3 Å². The lowest BCUT2D eigenvalue weighted by Crippen LogP contribution is -2.30. The van der Waals surface area contributed by atoms with Crippen LogP contribution in [0.4, 0.5) is 0 Å². The number of amides is 2. The van der Waals surface area contributed by atoms with Crippen molar-refractivity contribution in [2.75, 3.05) is 7.11 Å². The van der Waals surface area contributed by atoms with Crippen LogP contribution in [-0.4, -0.2) is 29.8 Å². The second-order valence-electron chi connectivity index (χ2n) is 4.01. The van der Waals surface area contributed by atoms with Crippen molar-refractivity contribution in [2.24, 2.45) is 0 Å². The minimum absolute atomic E-state index is 0.0333. The van der Waals surface area contributed by atoms with Crippen LogP contribution in [-0.2, 0) is 20.9 Å². The molecule has 1 aliphatic rings. The maximum absolute atomic E-state index is 11.7. The van der Waals surface area contributed by atoms with Gasteiger partial charge in [0.2, 0.25) is 0 Å². The maximum Gasteiger partial charge on any atom is 0.337 e. The first kappa shape index (κ1) is 14.6. The van der Waals surface area contributed by atoms with E-state index in [0.717, 1.165) is 4.90 Å². The Balaban J connectivity index is 2.14. The zero-order valence-electron chi connectivity index (χ0n) is 10.4. The predicted molar refractivity (Wildman–Crippen MR) is 72.1 cm³/mol. The van der Waals surface area contributed by atoms with Crippen LogP contribution in [0.5, 0.6) is 0 Å². The van der Waals surface area contributed by atoms with Crippen molar-refractivity contribution >= 4 is 41.0 Å². The molecule has 0 atom stereocenters. The van der Waals surface area contributed by atoms with Crippen molar-refractivity contribution in [3.8, 4) is 0 Å². The van der Waals surface area contributed by atoms with Crippen LogP contribution in [0.3, 0.4) is 0 Å². The van der Waals surface area contributed by atoms with Crippen LogP contribution in [0.2, 0.25) is 0 Å². The second kappa shape index (κ2) is 5.64. The SMILES string of the molecule is COC(=O)c1ccc(CN2C(=O)C(Cl)=C(Cl)C2=O)cc1. The molecule has 0 radical (unpaired) electrons. The van der Waals surface area contributed by atoms with Gasteiger partial charge in [0, 0.05) is 0 Å². The summed E-state index contributed by atoms with van der Waals surface area (Å²) in [7, 11) is 1.29. The highest BCUT2D eigenvalue weighted by molar-refractivity contribution is 6.58. The van der Waals surface area contributed by atoms with E-state index in [2.05, 4.69) is 4.74 Å². The third-order valence-corrected chi connectivity index (χ3v) is 3.57. The molecule has 1 aliphatic heterocycles. The van der Waals surface area contributed by atoms with E-state index in [0.29, 0.717) is 11.1 Å². The average Bonchev–Trinajstić information content (AvgIpc) is 2.65. The lowest BCUT2D eigenvalue weighted by Gasteiger charge is -2.14. The first-order valence-corrected chi connectivity index (χ1v) is 6.30. The van der Waals surface area contributed by atoms with Crippen molar-refractivity contribution in [1.82, 2.24) is 4.90 Å². The Kier molecular flexibility index (Phi) is 4.11. The van der Waals surface area contributed by atoms with Gasteiger partial charge in [-0.3, -0.25) is 14.5 Å². The van der Waals surface area contributed by atoms with Crippen LogP contribution in [0.25, 0.3) is 0 Å². The summed E-state index contributed by atoms with van der Waals surface area (Å²) in [5, 5.41) is -0.550. The van der Waals surface area contributed by atoms with Gasteiger partial charge in [0.1, 0.15) is 10.1 Å². The Morgan fingerprint density at radius 3 is 2.05 bits per heavy atom. The molecule has 7 heteroatoms. The number of nitrogens with zero attached hydrogens (tertiary/aromatic N) is 1. The molecule has 0 aliphatic carbocycles. The lowest BCUT2D eigenvalue weighted by molar-refractivity contribution is -0.137. The standard InChI is InChI=1S/C13H9Cl2NO4/c1-20-13(19)8-4-2-7(3-5-8)6-16-11(17)9(14)10(15)12(16)18/h2-5H,6H2,1H3. The number of esters is 1. The molecule has 0 bridgehead atoms. The average molecular weight is 314 g/mol. The van der Waals surface area contributed by atoms with Crippen LogP contribution < -0.4 is 0 Å². The molecule has 0 unspecified atom stereocenters. The summed E-state index contributed by atoms with van der Waals surface area (Å²) in [4.78, 5) is 35.6. The lowest BCUT2D eigenvalue weighted by atomic mass is 10.1. The highest BCUT2D eigenvalue weighted by Crippen LogP contribution is 2.27. The Hall–Kier alpha value is -1.85. The molecule has 1 heterocycles. The van der Waals surface area contributed by atoms with E-state index in [1.54, 1.807) is 24.3 Å². The van der Waals surface area contributed by atoms with E-state index in [1.165, 1.54) is 7.11 Å². The maximum atomic E-state index is 11.7. The molecule has 0 N–H and O–H groups in total. The fraction of sp³-hybridized carbons (Fsp3) is 0.154. The van der Waals surface area contributed by atoms with Crippen LogP contribution in [0, 0.1) is 0 Å². The Bertz CT molecular complexity index is 598. The van der Waals surface area contributed by atoms with Gasteiger partial charge in [-0.2, -0.15) is 0 Å². The minimum Gasteiger partial charge on any atom is -0.465 e. The highest BCUT2D eigenvalue weighted by atomic mass is 35.5. The fourth-order valence-corrected chi connectivity index (χ4v) is 2.07. The Morgan fingerprint density at radius 1 is 1.10 bits per heavy atom. The monoisotopic (exact) mass is 313 g/mol. The number of halogens is 2. The number of rotatable bonds is 3. The number of carbonyl (C=O) groups is 3. The summed E-state index contributed by atoms with van der Waals surface area (Å²) >= 11 is 11.3. The van der Waals surface area contributed by atoms with Crippen LogP contribution >= 0.6 is 23.2 Å². The molecule has 20 heavy (non-hydrogen) atoms. The molecule has 2 rings (SSSR count). The van der Waals surface area contributed by atoms with Gasteiger partial charge in [-0.1, -0.05) is 35.3 Å². The van der Waals surface area contributed by atoms with Gasteiger partial charge in [-0.25, -0.2) is 4.79 Å². The first-order chi connectivity index (χ1) is 9.45. The van der Waals surface area contributed by atoms with Crippen LogP contribution in [0.1, 0.15) is 15.9 Å². The molecule has 1 aromatic rings. The molecular weight excluding hydrogens is 305 g/mol. The van der Waals surface area contributed by atoms with Crippen molar-refractivity contribution < 1.29 is 19.1 Å². The largest absolute Gasteiger partial charge is 0.465 e. The van der Waals surface area contributed by atoms with Gasteiger partial charge >= 0.3 is 5.97 Å². The predicted octanol–water partition coefficient (Wildman–Crippen LogP) is 2.03. The number of ether oxygens (including phenoxy) is 1. The fourth-order valence-electron chi connectivity index (χ4n) is 1.71. The highest BCUT2D eigenvalue weighted by Gasteiger charge is 2.36. The van der Waals surface area contributed by atoms with Crippen molar-refractivity contribution in [3.63, 3.8) is 0 Å².